The Bertz CT molecular complexity index is 690. The summed E-state index contributed by atoms with van der Waals surface area (Å²) in [7, 11) is 0. The molecule has 3 unspecified atom stereocenters. The number of fused-ring (bicyclic) bond motifs is 2. The lowest BCUT2D eigenvalue weighted by Gasteiger charge is -2.37. The Hall–Kier alpha value is -1.73. The first-order valence-electron chi connectivity index (χ1n) is 9.11. The Kier molecular flexibility index (Phi) is 5.21. The Balaban J connectivity index is 1.88. The van der Waals surface area contributed by atoms with E-state index in [0.29, 0.717) is 31.5 Å². The van der Waals surface area contributed by atoms with Crippen molar-refractivity contribution in [2.75, 3.05) is 19.6 Å². The third-order valence-corrected chi connectivity index (χ3v) is 5.06. The molecule has 0 saturated carbocycles. The van der Waals surface area contributed by atoms with Gasteiger partial charge in [-0.15, -0.1) is 0 Å². The molecule has 1 amide bonds. The smallest absolute Gasteiger partial charge is 0.410 e. The first-order chi connectivity index (χ1) is 12.2. The first kappa shape index (κ1) is 19.0. The third kappa shape index (κ3) is 3.69. The molecule has 26 heavy (non-hydrogen) atoms. The van der Waals surface area contributed by atoms with Gasteiger partial charge in [0.1, 0.15) is 17.2 Å². The molecule has 144 valence electrons. The number of ether oxygens (including phenoxy) is 1. The molecular weight excluding hydrogens is 340 g/mol. The second kappa shape index (κ2) is 7.12. The molecule has 2 heterocycles. The molecule has 1 aromatic rings. The molecule has 2 fully saturated rings. The maximum atomic E-state index is 14.7. The van der Waals surface area contributed by atoms with E-state index in [1.165, 1.54) is 12.1 Å². The standard InChI is InChI=1S/C19H27F2N3O2/c1-19(2,3)26-18(25)24-12-7-14(17(24)10-23-9-12)13-8-15(20)11(4-5-22)6-16(13)21/h6,8,12,14,17,23H,4-5,7,9-10,22H2,1-3H3. The van der Waals surface area contributed by atoms with Crippen LogP contribution in [-0.2, 0) is 11.2 Å². The highest BCUT2D eigenvalue weighted by Gasteiger charge is 2.48. The number of amides is 1. The van der Waals surface area contributed by atoms with Crippen LogP contribution < -0.4 is 11.1 Å². The minimum Gasteiger partial charge on any atom is -0.444 e. The Morgan fingerprint density at radius 3 is 2.69 bits per heavy atom. The number of nitrogens with zero attached hydrogens (tertiary/aromatic N) is 1. The monoisotopic (exact) mass is 367 g/mol. The number of hydrogen-bond acceptors (Lipinski definition) is 4. The molecule has 7 heteroatoms. The number of nitrogens with one attached hydrogen (secondary N) is 1. The number of halogens is 2. The van der Waals surface area contributed by atoms with Crippen LogP contribution >= 0.6 is 0 Å². The van der Waals surface area contributed by atoms with Gasteiger partial charge in [0, 0.05) is 25.0 Å². The topological polar surface area (TPSA) is 67.6 Å². The normalized spacial score (nSPS) is 25.5. The summed E-state index contributed by atoms with van der Waals surface area (Å²) in [5.41, 5.74) is 5.47. The van der Waals surface area contributed by atoms with Crippen LogP contribution in [0.1, 0.15) is 44.2 Å². The van der Waals surface area contributed by atoms with Crippen LogP contribution in [-0.4, -0.2) is 48.3 Å². The molecule has 3 atom stereocenters. The van der Waals surface area contributed by atoms with Crippen LogP contribution in [0.25, 0.3) is 0 Å². The van der Waals surface area contributed by atoms with Crippen molar-refractivity contribution >= 4 is 6.09 Å². The number of nitrogens with two attached hydrogens (primary N) is 1. The lowest BCUT2D eigenvalue weighted by Crippen LogP contribution is -2.55. The number of rotatable bonds is 3. The summed E-state index contributed by atoms with van der Waals surface area (Å²) in [5, 5.41) is 3.28. The fourth-order valence-electron chi connectivity index (χ4n) is 4.02. The van der Waals surface area contributed by atoms with Crippen molar-refractivity contribution in [3.8, 4) is 0 Å². The zero-order valence-corrected chi connectivity index (χ0v) is 15.5. The SMILES string of the molecule is CC(C)(C)OC(=O)N1C2CNCC1C(c1cc(F)c(CCN)cc1F)C2. The average Bonchev–Trinajstić information content (AvgIpc) is 2.76. The summed E-state index contributed by atoms with van der Waals surface area (Å²) in [5.74, 6) is -1.13. The quantitative estimate of drug-likeness (QED) is 0.862. The molecule has 2 aliphatic heterocycles. The number of carbonyl (C=O) groups excluding carboxylic acids is 1. The molecule has 5 nitrogen and oxygen atoms in total. The van der Waals surface area contributed by atoms with Gasteiger partial charge >= 0.3 is 6.09 Å². The predicted molar refractivity (Wildman–Crippen MR) is 95.0 cm³/mol. The van der Waals surface area contributed by atoms with Gasteiger partial charge < -0.3 is 15.8 Å². The molecule has 0 radical (unpaired) electrons. The summed E-state index contributed by atoms with van der Waals surface area (Å²) in [6.45, 7) is 6.88. The average molecular weight is 367 g/mol. The molecule has 1 aromatic carbocycles. The van der Waals surface area contributed by atoms with E-state index in [4.69, 9.17) is 10.5 Å². The van der Waals surface area contributed by atoms with Crippen LogP contribution in [0.15, 0.2) is 12.1 Å². The van der Waals surface area contributed by atoms with Crippen molar-refractivity contribution in [2.24, 2.45) is 5.73 Å². The zero-order chi connectivity index (χ0) is 19.1. The highest BCUT2D eigenvalue weighted by atomic mass is 19.1. The minimum atomic E-state index is -0.599. The summed E-state index contributed by atoms with van der Waals surface area (Å²) >= 11 is 0. The predicted octanol–water partition coefficient (Wildman–Crippen LogP) is 2.53. The van der Waals surface area contributed by atoms with Crippen LogP contribution in [0, 0.1) is 11.6 Å². The van der Waals surface area contributed by atoms with E-state index in [0.717, 1.165) is 0 Å². The van der Waals surface area contributed by atoms with E-state index >= 15 is 0 Å². The van der Waals surface area contributed by atoms with Gasteiger partial charge in [0.05, 0.1) is 6.04 Å². The van der Waals surface area contributed by atoms with Crippen LogP contribution in [0.2, 0.25) is 0 Å². The minimum absolute atomic E-state index is 0.0835. The van der Waals surface area contributed by atoms with Crippen LogP contribution in [0.4, 0.5) is 13.6 Å². The number of benzene rings is 1. The highest BCUT2D eigenvalue weighted by Crippen LogP contribution is 2.41. The van der Waals surface area contributed by atoms with Crippen LogP contribution in [0.3, 0.4) is 0 Å². The van der Waals surface area contributed by atoms with E-state index in [2.05, 4.69) is 5.32 Å². The van der Waals surface area contributed by atoms with Crippen molar-refractivity contribution in [3.05, 3.63) is 34.9 Å². The van der Waals surface area contributed by atoms with Crippen molar-refractivity contribution in [1.29, 1.82) is 0 Å². The van der Waals surface area contributed by atoms with Gasteiger partial charge in [-0.2, -0.15) is 0 Å². The van der Waals surface area contributed by atoms with Crippen molar-refractivity contribution in [3.63, 3.8) is 0 Å². The molecule has 2 saturated heterocycles. The van der Waals surface area contributed by atoms with E-state index in [-0.39, 0.29) is 30.1 Å². The fraction of sp³-hybridized carbons (Fsp3) is 0.632. The number of hydrogen-bond donors (Lipinski definition) is 2. The van der Waals surface area contributed by atoms with E-state index < -0.39 is 23.3 Å². The molecule has 3 N–H and O–H groups in total. The molecule has 0 spiro atoms. The van der Waals surface area contributed by atoms with Crippen molar-refractivity contribution in [2.45, 2.75) is 57.2 Å². The molecule has 0 aliphatic carbocycles. The van der Waals surface area contributed by atoms with Crippen molar-refractivity contribution < 1.29 is 18.3 Å². The second-order valence-corrected chi connectivity index (χ2v) is 8.11. The maximum Gasteiger partial charge on any atom is 0.410 e. The lowest BCUT2D eigenvalue weighted by atomic mass is 9.89. The Labute approximate surface area is 152 Å². The van der Waals surface area contributed by atoms with E-state index in [1.807, 2.05) is 20.8 Å². The number of piperazine rings is 1. The molecular formula is C19H27F2N3O2. The summed E-state index contributed by atoms with van der Waals surface area (Å²) in [6.07, 6.45) is 0.492. The molecule has 2 aliphatic rings. The third-order valence-electron chi connectivity index (χ3n) is 5.06. The summed E-state index contributed by atoms with van der Waals surface area (Å²) in [6, 6.07) is 2.18. The van der Waals surface area contributed by atoms with Gasteiger partial charge in [0.2, 0.25) is 0 Å². The van der Waals surface area contributed by atoms with E-state index in [9.17, 15) is 13.6 Å². The summed E-state index contributed by atoms with van der Waals surface area (Å²) in [4.78, 5) is 14.3. The Morgan fingerprint density at radius 2 is 2.04 bits per heavy atom. The zero-order valence-electron chi connectivity index (χ0n) is 15.5. The molecule has 2 bridgehead atoms. The number of carbonyl (C=O) groups is 1. The fourth-order valence-corrected chi connectivity index (χ4v) is 4.02. The van der Waals surface area contributed by atoms with Gasteiger partial charge in [-0.1, -0.05) is 0 Å². The van der Waals surface area contributed by atoms with Gasteiger partial charge in [0.25, 0.3) is 0 Å². The first-order valence-corrected chi connectivity index (χ1v) is 9.11. The van der Waals surface area contributed by atoms with Gasteiger partial charge in [-0.05, 0) is 63.4 Å². The van der Waals surface area contributed by atoms with Gasteiger partial charge in [-0.3, -0.25) is 4.90 Å². The van der Waals surface area contributed by atoms with E-state index in [1.54, 1.807) is 4.90 Å². The Morgan fingerprint density at radius 1 is 1.31 bits per heavy atom. The largest absolute Gasteiger partial charge is 0.444 e. The van der Waals surface area contributed by atoms with Crippen molar-refractivity contribution in [1.82, 2.24) is 10.2 Å². The molecule has 0 aromatic heterocycles. The summed E-state index contributed by atoms with van der Waals surface area (Å²) < 4.78 is 34.6. The lowest BCUT2D eigenvalue weighted by molar-refractivity contribution is 0.00948. The maximum absolute atomic E-state index is 14.7. The van der Waals surface area contributed by atoms with Gasteiger partial charge in [0.15, 0.2) is 0 Å². The van der Waals surface area contributed by atoms with Gasteiger partial charge in [-0.25, -0.2) is 13.6 Å². The molecule has 3 rings (SSSR count). The van der Waals surface area contributed by atoms with Crippen LogP contribution in [0.5, 0.6) is 0 Å². The highest BCUT2D eigenvalue weighted by molar-refractivity contribution is 5.70. The second-order valence-electron chi connectivity index (χ2n) is 8.11.